The first-order valence-corrected chi connectivity index (χ1v) is 11.8. The number of carbonyl (C=O) groups excluding carboxylic acids is 3. The van der Waals surface area contributed by atoms with Gasteiger partial charge in [0.05, 0.1) is 18.2 Å². The molecule has 0 aromatic heterocycles. The van der Waals surface area contributed by atoms with E-state index in [-0.39, 0.29) is 48.7 Å². The molecule has 12 nitrogen and oxygen atoms in total. The Balaban J connectivity index is 1.58. The van der Waals surface area contributed by atoms with Gasteiger partial charge in [-0.15, -0.1) is 0 Å². The van der Waals surface area contributed by atoms with Crippen LogP contribution in [0.2, 0.25) is 0 Å². The van der Waals surface area contributed by atoms with Crippen molar-refractivity contribution in [2.75, 3.05) is 20.4 Å². The topological polar surface area (TPSA) is 144 Å². The summed E-state index contributed by atoms with van der Waals surface area (Å²) in [5, 5.41) is 9.67. The summed E-state index contributed by atoms with van der Waals surface area (Å²) >= 11 is 0. The van der Waals surface area contributed by atoms with Crippen molar-refractivity contribution in [2.45, 2.75) is 0 Å². The number of hydrogen-bond acceptors (Lipinski definition) is 11. The highest BCUT2D eigenvalue weighted by Crippen LogP contribution is 2.38. The van der Waals surface area contributed by atoms with Crippen molar-refractivity contribution in [3.63, 3.8) is 0 Å². The minimum Gasteiger partial charge on any atom is -0.457 e. The van der Waals surface area contributed by atoms with Gasteiger partial charge in [-0.3, -0.25) is 0 Å². The highest BCUT2D eigenvalue weighted by atomic mass is 16.7. The number of hydrogen-bond donors (Lipinski definition) is 0. The van der Waals surface area contributed by atoms with E-state index in [2.05, 4.69) is 18.0 Å². The molecule has 0 spiro atoms. The summed E-state index contributed by atoms with van der Waals surface area (Å²) in [6, 6.07) is 16.7. The van der Waals surface area contributed by atoms with E-state index in [1.54, 1.807) is 24.3 Å². The van der Waals surface area contributed by atoms with Crippen LogP contribution in [-0.4, -0.2) is 38.3 Å². The van der Waals surface area contributed by atoms with Crippen LogP contribution in [0.1, 0.15) is 15.9 Å². The molecule has 0 N–H and O–H groups in total. The molecule has 0 unspecified atom stereocenters. The SMILES string of the molecule is [C-]#[N+]c1c(OC(=O)c2ccc(OCOC(=O)C=C)cc2)ccc(OCOc2ccc(OCOC(=O)C=C)cc2)c1C#N. The van der Waals surface area contributed by atoms with Crippen LogP contribution in [0.25, 0.3) is 4.85 Å². The van der Waals surface area contributed by atoms with E-state index in [0.29, 0.717) is 17.2 Å². The van der Waals surface area contributed by atoms with Gasteiger partial charge < -0.3 is 33.2 Å². The molecule has 3 aromatic carbocycles. The maximum atomic E-state index is 12.7. The van der Waals surface area contributed by atoms with Crippen LogP contribution < -0.4 is 23.7 Å². The minimum absolute atomic E-state index is 0.0472. The van der Waals surface area contributed by atoms with Crippen LogP contribution in [-0.2, 0) is 19.1 Å². The quantitative estimate of drug-likeness (QED) is 0.0860. The molecular weight excluding hydrogens is 548 g/mol. The third-order valence-corrected chi connectivity index (χ3v) is 5.07. The Hall–Kier alpha value is -6.27. The largest absolute Gasteiger partial charge is 0.457 e. The lowest BCUT2D eigenvalue weighted by Crippen LogP contribution is -2.10. The van der Waals surface area contributed by atoms with Gasteiger partial charge in [0.15, 0.2) is 0 Å². The second-order valence-corrected chi connectivity index (χ2v) is 7.66. The highest BCUT2D eigenvalue weighted by Gasteiger charge is 2.19. The van der Waals surface area contributed by atoms with E-state index in [9.17, 15) is 19.6 Å². The maximum absolute atomic E-state index is 12.7. The normalized spacial score (nSPS) is 9.67. The first-order chi connectivity index (χ1) is 20.4. The predicted octanol–water partition coefficient (Wildman–Crippen LogP) is 4.87. The van der Waals surface area contributed by atoms with Crippen molar-refractivity contribution < 1.29 is 47.5 Å². The van der Waals surface area contributed by atoms with Crippen LogP contribution in [0, 0.1) is 17.9 Å². The van der Waals surface area contributed by atoms with E-state index in [0.717, 1.165) is 12.2 Å². The molecule has 0 amide bonds. The third-order valence-electron chi connectivity index (χ3n) is 5.07. The molecule has 0 fully saturated rings. The Kier molecular flexibility index (Phi) is 11.1. The summed E-state index contributed by atoms with van der Waals surface area (Å²) in [4.78, 5) is 38.1. The number of nitriles is 1. The van der Waals surface area contributed by atoms with Gasteiger partial charge in [-0.2, -0.15) is 5.26 Å². The van der Waals surface area contributed by atoms with Crippen molar-refractivity contribution in [1.29, 1.82) is 5.26 Å². The molecule has 0 aliphatic rings. The van der Waals surface area contributed by atoms with Crippen LogP contribution in [0.15, 0.2) is 86.0 Å². The lowest BCUT2D eigenvalue weighted by Gasteiger charge is -2.13. The van der Waals surface area contributed by atoms with Crippen molar-refractivity contribution in [2.24, 2.45) is 0 Å². The van der Waals surface area contributed by atoms with Crippen molar-refractivity contribution in [3.8, 4) is 34.8 Å². The van der Waals surface area contributed by atoms with Gasteiger partial charge in [-0.1, -0.05) is 13.2 Å². The van der Waals surface area contributed by atoms with Crippen molar-refractivity contribution in [1.82, 2.24) is 0 Å². The van der Waals surface area contributed by atoms with Crippen LogP contribution >= 0.6 is 0 Å². The second-order valence-electron chi connectivity index (χ2n) is 7.66. The van der Waals surface area contributed by atoms with E-state index >= 15 is 0 Å². The average Bonchev–Trinajstić information content (AvgIpc) is 3.02. The van der Waals surface area contributed by atoms with Crippen molar-refractivity contribution in [3.05, 3.63) is 109 Å². The molecule has 3 rings (SSSR count). The highest BCUT2D eigenvalue weighted by molar-refractivity contribution is 5.92. The van der Waals surface area contributed by atoms with Gasteiger partial charge in [0.25, 0.3) is 0 Å². The zero-order chi connectivity index (χ0) is 30.3. The van der Waals surface area contributed by atoms with E-state index in [4.69, 9.17) is 39.7 Å². The van der Waals surface area contributed by atoms with E-state index in [1.165, 1.54) is 36.4 Å². The fraction of sp³-hybridized carbons (Fsp3) is 0.100. The molecule has 0 bridgehead atoms. The van der Waals surface area contributed by atoms with Crippen molar-refractivity contribution >= 4 is 23.6 Å². The molecule has 0 aliphatic heterocycles. The Morgan fingerprint density at radius 1 is 0.738 bits per heavy atom. The zero-order valence-corrected chi connectivity index (χ0v) is 21.9. The number of rotatable bonds is 14. The summed E-state index contributed by atoms with van der Waals surface area (Å²) in [7, 11) is 0. The second kappa shape index (κ2) is 15.4. The monoisotopic (exact) mass is 570 g/mol. The first-order valence-electron chi connectivity index (χ1n) is 11.8. The Morgan fingerprint density at radius 2 is 1.21 bits per heavy atom. The molecule has 0 heterocycles. The Labute approximate surface area is 240 Å². The standard InChI is InChI=1S/C30H22N2O10/c1-4-27(33)40-18-37-21-8-6-20(7-9-21)30(35)42-26-15-14-25(24(16-31)29(26)32-3)39-17-36-22-10-12-23(13-11-22)38-19-41-28(34)5-2/h4-15H,1-2,17-19H2. The molecule has 0 aliphatic carbocycles. The number of ether oxygens (including phenoxy) is 7. The number of carbonyl (C=O) groups is 3. The third kappa shape index (κ3) is 8.62. The average molecular weight is 571 g/mol. The number of benzene rings is 3. The van der Waals surface area contributed by atoms with Gasteiger partial charge in [0, 0.05) is 12.2 Å². The number of esters is 3. The van der Waals surface area contributed by atoms with Gasteiger partial charge >= 0.3 is 17.9 Å². The predicted molar refractivity (Wildman–Crippen MR) is 145 cm³/mol. The van der Waals surface area contributed by atoms with Gasteiger partial charge in [-0.25, -0.2) is 19.2 Å². The summed E-state index contributed by atoms with van der Waals surface area (Å²) < 4.78 is 36.4. The van der Waals surface area contributed by atoms with Crippen LogP contribution in [0.4, 0.5) is 5.69 Å². The molecule has 0 saturated carbocycles. The lowest BCUT2D eigenvalue weighted by molar-refractivity contribution is -0.145. The lowest BCUT2D eigenvalue weighted by atomic mass is 10.1. The maximum Gasteiger partial charge on any atom is 0.342 e. The first kappa shape index (κ1) is 30.3. The van der Waals surface area contributed by atoms with E-state index in [1.807, 2.05) is 6.07 Å². The molecule has 42 heavy (non-hydrogen) atoms. The summed E-state index contributed by atoms with van der Waals surface area (Å²) in [5.41, 5.74) is -0.219. The summed E-state index contributed by atoms with van der Waals surface area (Å²) in [6.07, 6.45) is 2.02. The number of nitrogens with zero attached hydrogens (tertiary/aromatic N) is 2. The summed E-state index contributed by atoms with van der Waals surface area (Å²) in [5.74, 6) is -0.954. The Morgan fingerprint density at radius 3 is 1.69 bits per heavy atom. The van der Waals surface area contributed by atoms with Gasteiger partial charge in [0.2, 0.25) is 26.1 Å². The molecule has 0 saturated heterocycles. The molecule has 12 heteroatoms. The van der Waals surface area contributed by atoms with Crippen LogP contribution in [0.5, 0.6) is 28.7 Å². The van der Waals surface area contributed by atoms with Crippen LogP contribution in [0.3, 0.4) is 0 Å². The smallest absolute Gasteiger partial charge is 0.342 e. The van der Waals surface area contributed by atoms with Gasteiger partial charge in [-0.05, 0) is 60.7 Å². The minimum atomic E-state index is -0.781. The molecular formula is C30H22N2O10. The molecule has 0 radical (unpaired) electrons. The summed E-state index contributed by atoms with van der Waals surface area (Å²) in [6.45, 7) is 13.2. The van der Waals surface area contributed by atoms with E-state index < -0.39 is 17.9 Å². The molecule has 0 atom stereocenters. The molecule has 212 valence electrons. The fourth-order valence-corrected chi connectivity index (χ4v) is 3.04. The zero-order valence-electron chi connectivity index (χ0n) is 21.9. The molecule has 3 aromatic rings. The fourth-order valence-electron chi connectivity index (χ4n) is 3.04. The van der Waals surface area contributed by atoms with Gasteiger partial charge in [0.1, 0.15) is 34.3 Å². The Bertz CT molecular complexity index is 1530.